The minimum absolute atomic E-state index is 0.203. The van der Waals surface area contributed by atoms with Crippen LogP contribution in [0.25, 0.3) is 0 Å². The Morgan fingerprint density at radius 3 is 1.73 bits per heavy atom. The highest BCUT2D eigenvalue weighted by Gasteiger charge is 2.36. The zero-order valence-electron chi connectivity index (χ0n) is 9.62. The second kappa shape index (κ2) is 2.50. The first kappa shape index (κ1) is 7.64. The van der Waals surface area contributed by atoms with Gasteiger partial charge in [-0.25, -0.2) is 0 Å². The average molecular weight is 155 g/mol. The van der Waals surface area contributed by atoms with E-state index in [4.69, 9.17) is 1.37 Å². The maximum absolute atomic E-state index is 8.14. The Balaban J connectivity index is 2.81. The lowest BCUT2D eigenvalue weighted by molar-refractivity contribution is 0.0754. The summed E-state index contributed by atoms with van der Waals surface area (Å²) in [5.41, 5.74) is 0.719. The van der Waals surface area contributed by atoms with E-state index in [0.29, 0.717) is 10.8 Å². The van der Waals surface area contributed by atoms with Crippen molar-refractivity contribution in [2.24, 2.45) is 16.7 Å². The Morgan fingerprint density at radius 1 is 1.09 bits per heavy atom. The molecular formula is C11H22. The summed E-state index contributed by atoms with van der Waals surface area (Å²) in [5, 5.41) is 0. The van der Waals surface area contributed by atoms with E-state index in [-0.39, 0.29) is 5.89 Å². The molecule has 0 unspecified atom stereocenters. The van der Waals surface area contributed by atoms with Crippen LogP contribution in [0.2, 0.25) is 0 Å². The molecule has 0 spiro atoms. The molecule has 0 aromatic carbocycles. The molecule has 0 nitrogen and oxygen atoms in total. The molecular weight excluding hydrogens is 132 g/mol. The number of hydrogen-bond acceptors (Lipinski definition) is 0. The Morgan fingerprint density at radius 2 is 1.45 bits per heavy atom. The predicted octanol–water partition coefficient (Wildman–Crippen LogP) is 3.86. The van der Waals surface area contributed by atoms with Crippen molar-refractivity contribution in [2.75, 3.05) is 0 Å². The van der Waals surface area contributed by atoms with E-state index in [1.807, 2.05) is 0 Å². The molecule has 0 aromatic rings. The van der Waals surface area contributed by atoms with Crippen molar-refractivity contribution in [1.29, 1.82) is 0 Å². The summed E-state index contributed by atoms with van der Waals surface area (Å²) in [6.07, 6.45) is 3.35. The third kappa shape index (κ3) is 2.50. The van der Waals surface area contributed by atoms with Gasteiger partial charge in [-0.2, -0.15) is 0 Å². The highest BCUT2D eigenvalue weighted by atomic mass is 14.4. The normalized spacial score (nSPS) is 34.5. The summed E-state index contributed by atoms with van der Waals surface area (Å²) in [4.78, 5) is 0. The van der Waals surface area contributed by atoms with Gasteiger partial charge in [0.2, 0.25) is 0 Å². The third-order valence-corrected chi connectivity index (χ3v) is 2.52. The number of hydrogen-bond donors (Lipinski definition) is 0. The topological polar surface area (TPSA) is 0 Å². The van der Waals surface area contributed by atoms with E-state index < -0.39 is 0 Å². The van der Waals surface area contributed by atoms with Gasteiger partial charge in [0.25, 0.3) is 0 Å². The minimum atomic E-state index is -0.203. The molecule has 1 rings (SSSR count). The van der Waals surface area contributed by atoms with Crippen LogP contribution in [0.4, 0.5) is 0 Å². The van der Waals surface area contributed by atoms with Crippen molar-refractivity contribution in [1.82, 2.24) is 0 Å². The first-order chi connectivity index (χ1) is 5.12. The van der Waals surface area contributed by atoms with Crippen molar-refractivity contribution < 1.29 is 1.37 Å². The molecule has 0 radical (unpaired) electrons. The van der Waals surface area contributed by atoms with Gasteiger partial charge in [-0.1, -0.05) is 34.6 Å². The fraction of sp³-hybridized carbons (Fsp3) is 1.00. The molecule has 1 aliphatic carbocycles. The largest absolute Gasteiger partial charge is 0.0625 e. The Hall–Kier alpha value is 0. The zero-order chi connectivity index (χ0) is 9.62. The van der Waals surface area contributed by atoms with Crippen LogP contribution in [0.1, 0.15) is 55.3 Å². The van der Waals surface area contributed by atoms with E-state index in [1.54, 1.807) is 0 Å². The van der Waals surface area contributed by atoms with Crippen LogP contribution >= 0.6 is 0 Å². The van der Waals surface area contributed by atoms with Gasteiger partial charge in [0.05, 0.1) is 0 Å². The lowest BCUT2D eigenvalue weighted by Crippen LogP contribution is -2.32. The van der Waals surface area contributed by atoms with Crippen LogP contribution in [0.3, 0.4) is 0 Å². The van der Waals surface area contributed by atoms with Crippen LogP contribution < -0.4 is 0 Å². The summed E-state index contributed by atoms with van der Waals surface area (Å²) in [7, 11) is 0. The summed E-state index contributed by atoms with van der Waals surface area (Å²) in [5.74, 6) is -0.203. The SMILES string of the molecule is [2H]C1(C)CC(C)(C)CC(C)(C)C1. The minimum Gasteiger partial charge on any atom is -0.0625 e. The van der Waals surface area contributed by atoms with Gasteiger partial charge in [0.15, 0.2) is 0 Å². The molecule has 0 saturated heterocycles. The molecule has 11 heavy (non-hydrogen) atoms. The van der Waals surface area contributed by atoms with Crippen molar-refractivity contribution in [3.05, 3.63) is 0 Å². The second-order valence-electron chi connectivity index (χ2n) is 5.82. The van der Waals surface area contributed by atoms with Gasteiger partial charge in [-0.3, -0.25) is 0 Å². The molecule has 66 valence electrons. The molecule has 0 heterocycles. The maximum atomic E-state index is 8.14. The fourth-order valence-electron chi connectivity index (χ4n) is 3.12. The highest BCUT2D eigenvalue weighted by Crippen LogP contribution is 2.47. The molecule has 1 saturated carbocycles. The van der Waals surface area contributed by atoms with Gasteiger partial charge in [0, 0.05) is 1.37 Å². The first-order valence-corrected chi connectivity index (χ1v) is 4.62. The van der Waals surface area contributed by atoms with Gasteiger partial charge in [-0.15, -0.1) is 0 Å². The molecule has 0 amide bonds. The van der Waals surface area contributed by atoms with Gasteiger partial charge >= 0.3 is 0 Å². The average Bonchev–Trinajstić information content (AvgIpc) is 1.44. The van der Waals surface area contributed by atoms with E-state index in [1.165, 1.54) is 6.42 Å². The Labute approximate surface area is 72.8 Å². The van der Waals surface area contributed by atoms with E-state index >= 15 is 0 Å². The molecule has 0 aromatic heterocycles. The van der Waals surface area contributed by atoms with Crippen LogP contribution in [-0.4, -0.2) is 0 Å². The van der Waals surface area contributed by atoms with E-state index in [0.717, 1.165) is 12.8 Å². The second-order valence-corrected chi connectivity index (χ2v) is 5.82. The van der Waals surface area contributed by atoms with E-state index in [2.05, 4.69) is 34.6 Å². The lowest BCUT2D eigenvalue weighted by atomic mass is 9.62. The summed E-state index contributed by atoms with van der Waals surface area (Å²) in [6, 6.07) is 0. The van der Waals surface area contributed by atoms with Crippen molar-refractivity contribution in [3.8, 4) is 0 Å². The molecule has 1 aliphatic rings. The lowest BCUT2D eigenvalue weighted by Gasteiger charge is -2.44. The third-order valence-electron chi connectivity index (χ3n) is 2.52. The monoisotopic (exact) mass is 155 g/mol. The summed E-state index contributed by atoms with van der Waals surface area (Å²) < 4.78 is 8.14. The standard InChI is InChI=1S/C11H22/c1-9-6-10(2,3)8-11(4,5)7-9/h9H,6-8H2,1-5H3/i9D. The quantitative estimate of drug-likeness (QED) is 0.498. The van der Waals surface area contributed by atoms with Crippen molar-refractivity contribution >= 4 is 0 Å². The molecule has 0 N–H and O–H groups in total. The van der Waals surface area contributed by atoms with E-state index in [9.17, 15) is 0 Å². The molecule has 0 heteroatoms. The summed E-state index contributed by atoms with van der Waals surface area (Å²) in [6.45, 7) is 11.2. The van der Waals surface area contributed by atoms with Crippen LogP contribution in [0.15, 0.2) is 0 Å². The Bertz CT molecular complexity index is 132. The smallest absolute Gasteiger partial charge is 0.0300 e. The molecule has 0 atom stereocenters. The van der Waals surface area contributed by atoms with Gasteiger partial charge in [-0.05, 0) is 36.0 Å². The highest BCUT2D eigenvalue weighted by molar-refractivity contribution is 4.87. The molecule has 1 fully saturated rings. The maximum Gasteiger partial charge on any atom is 0.0300 e. The predicted molar refractivity (Wildman–Crippen MR) is 50.6 cm³/mol. The van der Waals surface area contributed by atoms with Crippen LogP contribution in [0.5, 0.6) is 0 Å². The molecule has 0 aliphatic heterocycles. The zero-order valence-corrected chi connectivity index (χ0v) is 8.62. The van der Waals surface area contributed by atoms with Crippen LogP contribution in [-0.2, 0) is 0 Å². The molecule has 0 bridgehead atoms. The first-order valence-electron chi connectivity index (χ1n) is 5.12. The van der Waals surface area contributed by atoms with Crippen molar-refractivity contribution in [3.63, 3.8) is 0 Å². The van der Waals surface area contributed by atoms with Crippen LogP contribution in [0, 0.1) is 16.7 Å². The number of rotatable bonds is 0. The van der Waals surface area contributed by atoms with Gasteiger partial charge < -0.3 is 0 Å². The summed E-state index contributed by atoms with van der Waals surface area (Å²) >= 11 is 0. The van der Waals surface area contributed by atoms with Crippen molar-refractivity contribution in [2.45, 2.75) is 53.9 Å². The Kier molecular flexibility index (Phi) is 1.74. The fourth-order valence-corrected chi connectivity index (χ4v) is 3.12. The van der Waals surface area contributed by atoms with Gasteiger partial charge in [0.1, 0.15) is 0 Å².